The first kappa shape index (κ1) is 21.2. The normalized spacial score (nSPS) is 17.6. The standard InChI is InChI=1S/C23H24ClN3O4/c1-3-21(28)26-9-8-14-10-17(5-6-19(14)26)27-13-15(11-22(27)29)23(30)25-18-12-16(24)4-7-20(18)31-2/h4-7,10,12,15H,3,8-9,11,13H2,1-2H3,(H,25,30)/t15-/m1/s1. The Morgan fingerprint density at radius 3 is 2.77 bits per heavy atom. The summed E-state index contributed by atoms with van der Waals surface area (Å²) >= 11 is 6.04. The van der Waals surface area contributed by atoms with Gasteiger partial charge in [-0.25, -0.2) is 0 Å². The molecule has 2 aromatic carbocycles. The molecule has 0 aromatic heterocycles. The van der Waals surface area contributed by atoms with E-state index < -0.39 is 5.92 Å². The van der Waals surface area contributed by atoms with E-state index in [1.807, 2.05) is 25.1 Å². The second-order valence-electron chi connectivity index (χ2n) is 7.70. The summed E-state index contributed by atoms with van der Waals surface area (Å²) in [7, 11) is 1.52. The van der Waals surface area contributed by atoms with Crippen molar-refractivity contribution in [1.82, 2.24) is 0 Å². The molecule has 0 unspecified atom stereocenters. The number of nitrogens with zero attached hydrogens (tertiary/aromatic N) is 2. The first-order chi connectivity index (χ1) is 14.9. The van der Waals surface area contributed by atoms with Crippen LogP contribution in [0.2, 0.25) is 5.02 Å². The summed E-state index contributed by atoms with van der Waals surface area (Å²) in [5.41, 5.74) is 3.18. The summed E-state index contributed by atoms with van der Waals surface area (Å²) in [5.74, 6) is -0.238. The van der Waals surface area contributed by atoms with Crippen molar-refractivity contribution in [3.63, 3.8) is 0 Å². The maximum Gasteiger partial charge on any atom is 0.229 e. The zero-order valence-corrected chi connectivity index (χ0v) is 18.2. The number of rotatable bonds is 5. The highest BCUT2D eigenvalue weighted by Gasteiger charge is 2.36. The van der Waals surface area contributed by atoms with Gasteiger partial charge in [0.2, 0.25) is 17.7 Å². The fourth-order valence-electron chi connectivity index (χ4n) is 4.15. The van der Waals surface area contributed by atoms with E-state index in [1.54, 1.807) is 28.0 Å². The van der Waals surface area contributed by atoms with E-state index >= 15 is 0 Å². The van der Waals surface area contributed by atoms with Gasteiger partial charge in [0.25, 0.3) is 0 Å². The van der Waals surface area contributed by atoms with Crippen LogP contribution in [0.1, 0.15) is 25.3 Å². The number of halogens is 1. The zero-order valence-electron chi connectivity index (χ0n) is 17.5. The van der Waals surface area contributed by atoms with Crippen LogP contribution in [-0.4, -0.2) is 37.9 Å². The molecule has 2 aliphatic heterocycles. The van der Waals surface area contributed by atoms with E-state index in [9.17, 15) is 14.4 Å². The van der Waals surface area contributed by atoms with Gasteiger partial charge in [0, 0.05) is 42.3 Å². The molecule has 8 heteroatoms. The van der Waals surface area contributed by atoms with Gasteiger partial charge in [-0.15, -0.1) is 0 Å². The summed E-state index contributed by atoms with van der Waals surface area (Å²) in [6.45, 7) is 2.80. The van der Waals surface area contributed by atoms with Gasteiger partial charge in [0.15, 0.2) is 0 Å². The van der Waals surface area contributed by atoms with Crippen molar-refractivity contribution in [3.05, 3.63) is 47.0 Å². The third-order valence-electron chi connectivity index (χ3n) is 5.79. The smallest absolute Gasteiger partial charge is 0.229 e. The molecule has 2 aromatic rings. The van der Waals surface area contributed by atoms with E-state index in [2.05, 4.69) is 5.32 Å². The fraction of sp³-hybridized carbons (Fsp3) is 0.348. The monoisotopic (exact) mass is 441 g/mol. The summed E-state index contributed by atoms with van der Waals surface area (Å²) in [5, 5.41) is 3.31. The molecule has 2 heterocycles. The maximum absolute atomic E-state index is 12.8. The highest BCUT2D eigenvalue weighted by atomic mass is 35.5. The molecule has 7 nitrogen and oxygen atoms in total. The van der Waals surface area contributed by atoms with E-state index in [0.29, 0.717) is 36.0 Å². The largest absolute Gasteiger partial charge is 0.495 e. The number of fused-ring (bicyclic) bond motifs is 1. The molecule has 0 bridgehead atoms. The number of ether oxygens (including phenoxy) is 1. The molecule has 0 saturated carbocycles. The summed E-state index contributed by atoms with van der Waals surface area (Å²) in [6.07, 6.45) is 1.35. The number of anilines is 3. The van der Waals surface area contributed by atoms with Crippen LogP contribution in [0.15, 0.2) is 36.4 Å². The molecule has 1 saturated heterocycles. The van der Waals surface area contributed by atoms with Gasteiger partial charge >= 0.3 is 0 Å². The van der Waals surface area contributed by atoms with Gasteiger partial charge < -0.3 is 19.9 Å². The molecule has 0 radical (unpaired) electrons. The van der Waals surface area contributed by atoms with Crippen molar-refractivity contribution in [2.75, 3.05) is 35.3 Å². The quantitative estimate of drug-likeness (QED) is 0.768. The highest BCUT2D eigenvalue weighted by molar-refractivity contribution is 6.31. The van der Waals surface area contributed by atoms with Crippen LogP contribution in [0.3, 0.4) is 0 Å². The molecule has 4 rings (SSSR count). The lowest BCUT2D eigenvalue weighted by Gasteiger charge is -2.20. The Morgan fingerprint density at radius 2 is 2.03 bits per heavy atom. The van der Waals surface area contributed by atoms with Gasteiger partial charge in [0.05, 0.1) is 18.7 Å². The topological polar surface area (TPSA) is 79.0 Å². The van der Waals surface area contributed by atoms with Gasteiger partial charge in [-0.3, -0.25) is 14.4 Å². The lowest BCUT2D eigenvalue weighted by atomic mass is 10.1. The van der Waals surface area contributed by atoms with Crippen LogP contribution in [0.4, 0.5) is 17.1 Å². The van der Waals surface area contributed by atoms with Crippen LogP contribution >= 0.6 is 11.6 Å². The van der Waals surface area contributed by atoms with Gasteiger partial charge in [0.1, 0.15) is 5.75 Å². The molecule has 162 valence electrons. The molecule has 1 fully saturated rings. The maximum atomic E-state index is 12.8. The Balaban J connectivity index is 1.48. The molecule has 3 amide bonds. The Morgan fingerprint density at radius 1 is 1.23 bits per heavy atom. The number of hydrogen-bond donors (Lipinski definition) is 1. The van der Waals surface area contributed by atoms with Crippen molar-refractivity contribution in [2.45, 2.75) is 26.2 Å². The molecular weight excluding hydrogens is 418 g/mol. The number of carbonyl (C=O) groups excluding carboxylic acids is 3. The Kier molecular flexibility index (Phi) is 5.87. The van der Waals surface area contributed by atoms with E-state index in [4.69, 9.17) is 16.3 Å². The second-order valence-corrected chi connectivity index (χ2v) is 8.14. The predicted octanol–water partition coefficient (Wildman–Crippen LogP) is 3.64. The third-order valence-corrected chi connectivity index (χ3v) is 6.02. The molecule has 31 heavy (non-hydrogen) atoms. The number of carbonyl (C=O) groups is 3. The Hall–Kier alpha value is -3.06. The minimum atomic E-state index is -0.484. The van der Waals surface area contributed by atoms with Crippen LogP contribution in [0.25, 0.3) is 0 Å². The van der Waals surface area contributed by atoms with Gasteiger partial charge in [-0.2, -0.15) is 0 Å². The molecule has 2 aliphatic rings. The number of methoxy groups -OCH3 is 1. The van der Waals surface area contributed by atoms with Gasteiger partial charge in [-0.05, 0) is 48.4 Å². The first-order valence-electron chi connectivity index (χ1n) is 10.3. The van der Waals surface area contributed by atoms with Crippen molar-refractivity contribution in [1.29, 1.82) is 0 Å². The second kappa shape index (κ2) is 8.59. The van der Waals surface area contributed by atoms with Gasteiger partial charge in [-0.1, -0.05) is 18.5 Å². The average molecular weight is 442 g/mol. The lowest BCUT2D eigenvalue weighted by molar-refractivity contribution is -0.122. The minimum Gasteiger partial charge on any atom is -0.495 e. The zero-order chi connectivity index (χ0) is 22.1. The van der Waals surface area contributed by atoms with Crippen LogP contribution in [0, 0.1) is 5.92 Å². The van der Waals surface area contributed by atoms with E-state index in [0.717, 1.165) is 23.4 Å². The molecule has 1 atom stereocenters. The number of amides is 3. The van der Waals surface area contributed by atoms with Crippen molar-refractivity contribution < 1.29 is 19.1 Å². The van der Waals surface area contributed by atoms with Crippen molar-refractivity contribution in [2.24, 2.45) is 5.92 Å². The lowest BCUT2D eigenvalue weighted by Crippen LogP contribution is -2.28. The molecule has 0 aliphatic carbocycles. The molecule has 1 N–H and O–H groups in total. The third kappa shape index (κ3) is 4.10. The SMILES string of the molecule is CCC(=O)N1CCc2cc(N3C[C@H](C(=O)Nc4cc(Cl)ccc4OC)CC3=O)ccc21. The molecular formula is C23H24ClN3O4. The highest BCUT2D eigenvalue weighted by Crippen LogP contribution is 2.35. The van der Waals surface area contributed by atoms with E-state index in [1.165, 1.54) is 7.11 Å². The van der Waals surface area contributed by atoms with Crippen LogP contribution in [0.5, 0.6) is 5.75 Å². The van der Waals surface area contributed by atoms with Crippen LogP contribution < -0.4 is 19.9 Å². The number of benzene rings is 2. The predicted molar refractivity (Wildman–Crippen MR) is 120 cm³/mol. The number of hydrogen-bond acceptors (Lipinski definition) is 4. The fourth-order valence-corrected chi connectivity index (χ4v) is 4.32. The van der Waals surface area contributed by atoms with Crippen molar-refractivity contribution in [3.8, 4) is 5.75 Å². The Labute approximate surface area is 185 Å². The summed E-state index contributed by atoms with van der Waals surface area (Å²) < 4.78 is 5.27. The summed E-state index contributed by atoms with van der Waals surface area (Å²) in [6, 6.07) is 10.7. The molecule has 0 spiro atoms. The van der Waals surface area contributed by atoms with Crippen LogP contribution in [-0.2, 0) is 20.8 Å². The Bertz CT molecular complexity index is 1060. The summed E-state index contributed by atoms with van der Waals surface area (Å²) in [4.78, 5) is 41.0. The number of nitrogens with one attached hydrogen (secondary N) is 1. The first-order valence-corrected chi connectivity index (χ1v) is 10.7. The van der Waals surface area contributed by atoms with E-state index in [-0.39, 0.29) is 24.1 Å². The average Bonchev–Trinajstić information content (AvgIpc) is 3.36. The van der Waals surface area contributed by atoms with Crippen molar-refractivity contribution >= 4 is 46.4 Å². The minimum absolute atomic E-state index is 0.0944.